The van der Waals surface area contributed by atoms with Crippen LogP contribution in [0.25, 0.3) is 10.8 Å². The van der Waals surface area contributed by atoms with E-state index in [1.165, 1.54) is 0 Å². The Morgan fingerprint density at radius 1 is 0.964 bits per heavy atom. The molecule has 28 heavy (non-hydrogen) atoms. The van der Waals surface area contributed by atoms with E-state index in [0.717, 1.165) is 54.9 Å². The van der Waals surface area contributed by atoms with Crippen LogP contribution in [0.4, 0.5) is 0 Å². The van der Waals surface area contributed by atoms with Crippen molar-refractivity contribution in [3.05, 3.63) is 54.1 Å². The first-order valence-corrected chi connectivity index (χ1v) is 11.2. The fourth-order valence-electron chi connectivity index (χ4n) is 4.25. The van der Waals surface area contributed by atoms with Gasteiger partial charge in [0, 0.05) is 32.1 Å². The van der Waals surface area contributed by atoms with Gasteiger partial charge >= 0.3 is 0 Å². The van der Waals surface area contributed by atoms with Crippen molar-refractivity contribution >= 4 is 20.8 Å². The van der Waals surface area contributed by atoms with Crippen molar-refractivity contribution < 1.29 is 8.42 Å². The predicted octanol–water partition coefficient (Wildman–Crippen LogP) is 2.10. The molecule has 0 spiro atoms. The van der Waals surface area contributed by atoms with Crippen molar-refractivity contribution in [3.8, 4) is 0 Å². The van der Waals surface area contributed by atoms with Crippen LogP contribution in [-0.4, -0.2) is 47.1 Å². The lowest BCUT2D eigenvalue weighted by Crippen LogP contribution is -2.38. The summed E-state index contributed by atoms with van der Waals surface area (Å²) in [5.74, 6) is 2.26. The van der Waals surface area contributed by atoms with Crippen LogP contribution in [0.15, 0.2) is 47.4 Å². The Morgan fingerprint density at radius 2 is 1.75 bits per heavy atom. The first-order chi connectivity index (χ1) is 13.6. The molecule has 3 heterocycles. The second-order valence-electron chi connectivity index (χ2n) is 7.49. The number of rotatable bonds is 3. The molecule has 7 nitrogen and oxygen atoms in total. The van der Waals surface area contributed by atoms with Crippen LogP contribution in [-0.2, 0) is 23.1 Å². The van der Waals surface area contributed by atoms with Gasteiger partial charge < -0.3 is 9.88 Å². The van der Waals surface area contributed by atoms with E-state index in [1.807, 2.05) is 30.3 Å². The zero-order valence-electron chi connectivity index (χ0n) is 15.6. The van der Waals surface area contributed by atoms with Gasteiger partial charge in [-0.25, -0.2) is 8.42 Å². The smallest absolute Gasteiger partial charge is 0.243 e. The van der Waals surface area contributed by atoms with Crippen molar-refractivity contribution in [2.75, 3.05) is 19.6 Å². The standard InChI is InChI=1S/C20H23N5O2S/c26-28(27,18-6-5-15-3-1-2-4-17(15)13-18)24-10-7-16(8-11-24)20-23-22-19-14-21-9-12-25(19)20/h1-6,13,16,21H,7-12,14H2. The van der Waals surface area contributed by atoms with Gasteiger partial charge in [-0.2, -0.15) is 4.31 Å². The summed E-state index contributed by atoms with van der Waals surface area (Å²) in [4.78, 5) is 0.371. The van der Waals surface area contributed by atoms with Crippen LogP contribution < -0.4 is 5.32 Å². The first kappa shape index (κ1) is 17.8. The molecular formula is C20H23N5O2S. The second kappa shape index (κ2) is 6.95. The van der Waals surface area contributed by atoms with Gasteiger partial charge in [0.05, 0.1) is 11.4 Å². The zero-order chi connectivity index (χ0) is 19.1. The summed E-state index contributed by atoms with van der Waals surface area (Å²) >= 11 is 0. The third-order valence-corrected chi connectivity index (χ3v) is 7.72. The van der Waals surface area contributed by atoms with Crippen molar-refractivity contribution in [3.63, 3.8) is 0 Å². The summed E-state index contributed by atoms with van der Waals surface area (Å²) in [6.07, 6.45) is 1.55. The van der Waals surface area contributed by atoms with E-state index in [-0.39, 0.29) is 5.92 Å². The van der Waals surface area contributed by atoms with Gasteiger partial charge in [0.2, 0.25) is 10.0 Å². The van der Waals surface area contributed by atoms with Gasteiger partial charge in [0.15, 0.2) is 0 Å². The van der Waals surface area contributed by atoms with E-state index in [2.05, 4.69) is 20.1 Å². The fourth-order valence-corrected chi connectivity index (χ4v) is 5.75. The van der Waals surface area contributed by atoms with E-state index in [1.54, 1.807) is 16.4 Å². The number of hydrogen-bond donors (Lipinski definition) is 1. The normalized spacial score (nSPS) is 19.0. The number of nitrogens with one attached hydrogen (secondary N) is 1. The number of sulfonamides is 1. The Hall–Kier alpha value is -2.29. The number of hydrogen-bond acceptors (Lipinski definition) is 5. The highest BCUT2D eigenvalue weighted by Crippen LogP contribution is 2.31. The van der Waals surface area contributed by atoms with E-state index in [9.17, 15) is 8.42 Å². The van der Waals surface area contributed by atoms with Gasteiger partial charge in [-0.1, -0.05) is 30.3 Å². The van der Waals surface area contributed by atoms with E-state index in [0.29, 0.717) is 18.0 Å². The summed E-state index contributed by atoms with van der Waals surface area (Å²) in [7, 11) is -3.48. The minimum absolute atomic E-state index is 0.266. The van der Waals surface area contributed by atoms with Crippen molar-refractivity contribution in [1.82, 2.24) is 24.4 Å². The minimum atomic E-state index is -3.48. The monoisotopic (exact) mass is 397 g/mol. The highest BCUT2D eigenvalue weighted by atomic mass is 32.2. The number of fused-ring (bicyclic) bond motifs is 2. The van der Waals surface area contributed by atoms with Crippen LogP contribution >= 0.6 is 0 Å². The fraction of sp³-hybridized carbons (Fsp3) is 0.400. The molecule has 0 radical (unpaired) electrons. The molecule has 1 aromatic heterocycles. The summed E-state index contributed by atoms with van der Waals surface area (Å²) in [6, 6.07) is 13.2. The van der Waals surface area contributed by atoms with Gasteiger partial charge in [0.1, 0.15) is 11.6 Å². The maximum absolute atomic E-state index is 13.1. The van der Waals surface area contributed by atoms with E-state index < -0.39 is 10.0 Å². The van der Waals surface area contributed by atoms with Gasteiger partial charge in [-0.15, -0.1) is 10.2 Å². The summed E-state index contributed by atoms with van der Waals surface area (Å²) in [6.45, 7) is 3.59. The molecule has 3 aromatic rings. The Labute approximate surface area is 164 Å². The van der Waals surface area contributed by atoms with Crippen LogP contribution in [0.1, 0.15) is 30.4 Å². The van der Waals surface area contributed by atoms with Crippen LogP contribution in [0.5, 0.6) is 0 Å². The third kappa shape index (κ3) is 3.01. The highest BCUT2D eigenvalue weighted by Gasteiger charge is 2.32. The molecule has 8 heteroatoms. The molecule has 1 N–H and O–H groups in total. The average Bonchev–Trinajstić information content (AvgIpc) is 3.17. The van der Waals surface area contributed by atoms with Gasteiger partial charge in [0.25, 0.3) is 0 Å². The van der Waals surface area contributed by atoms with Crippen molar-refractivity contribution in [2.24, 2.45) is 0 Å². The molecule has 0 unspecified atom stereocenters. The van der Waals surface area contributed by atoms with Crippen LogP contribution in [0.2, 0.25) is 0 Å². The lowest BCUT2D eigenvalue weighted by atomic mass is 9.97. The zero-order valence-corrected chi connectivity index (χ0v) is 16.4. The molecule has 5 rings (SSSR count). The maximum Gasteiger partial charge on any atom is 0.243 e. The Bertz CT molecular complexity index is 1120. The molecular weight excluding hydrogens is 374 g/mol. The predicted molar refractivity (Wildman–Crippen MR) is 106 cm³/mol. The van der Waals surface area contributed by atoms with E-state index >= 15 is 0 Å². The molecule has 0 amide bonds. The van der Waals surface area contributed by atoms with Gasteiger partial charge in [-0.05, 0) is 35.7 Å². The van der Waals surface area contributed by atoms with Crippen LogP contribution in [0.3, 0.4) is 0 Å². The molecule has 0 bridgehead atoms. The Kier molecular flexibility index (Phi) is 4.41. The molecule has 2 aliphatic heterocycles. The molecule has 2 aliphatic rings. The molecule has 0 saturated carbocycles. The van der Waals surface area contributed by atoms with E-state index in [4.69, 9.17) is 0 Å². The Morgan fingerprint density at radius 3 is 2.57 bits per heavy atom. The number of benzene rings is 2. The van der Waals surface area contributed by atoms with Gasteiger partial charge in [-0.3, -0.25) is 0 Å². The highest BCUT2D eigenvalue weighted by molar-refractivity contribution is 7.89. The maximum atomic E-state index is 13.1. The lowest BCUT2D eigenvalue weighted by molar-refractivity contribution is 0.307. The molecule has 0 aliphatic carbocycles. The minimum Gasteiger partial charge on any atom is -0.312 e. The lowest BCUT2D eigenvalue weighted by Gasteiger charge is -2.31. The topological polar surface area (TPSA) is 80.1 Å². The van der Waals surface area contributed by atoms with Crippen LogP contribution in [0, 0.1) is 0 Å². The molecule has 0 atom stereocenters. The first-order valence-electron chi connectivity index (χ1n) is 9.74. The molecule has 1 fully saturated rings. The third-order valence-electron chi connectivity index (χ3n) is 5.83. The number of piperidine rings is 1. The summed E-state index contributed by atoms with van der Waals surface area (Å²) in [5.41, 5.74) is 0. The second-order valence-corrected chi connectivity index (χ2v) is 9.43. The average molecular weight is 398 g/mol. The van der Waals surface area contributed by atoms with Crippen molar-refractivity contribution in [1.29, 1.82) is 0 Å². The number of nitrogens with zero attached hydrogens (tertiary/aromatic N) is 4. The molecule has 2 aromatic carbocycles. The molecule has 146 valence electrons. The SMILES string of the molecule is O=S(=O)(c1ccc2ccccc2c1)N1CCC(c2nnc3n2CCNC3)CC1. The molecule has 1 saturated heterocycles. The largest absolute Gasteiger partial charge is 0.312 e. The number of aromatic nitrogens is 3. The summed E-state index contributed by atoms with van der Waals surface area (Å²) < 4.78 is 30.1. The van der Waals surface area contributed by atoms with Crippen molar-refractivity contribution in [2.45, 2.75) is 36.7 Å². The summed E-state index contributed by atoms with van der Waals surface area (Å²) in [5, 5.41) is 14.0. The Balaban J connectivity index is 1.35. The quantitative estimate of drug-likeness (QED) is 0.732.